The van der Waals surface area contributed by atoms with Gasteiger partial charge in [0, 0.05) is 16.6 Å². The van der Waals surface area contributed by atoms with Crippen molar-refractivity contribution in [1.82, 2.24) is 4.98 Å². The first-order chi connectivity index (χ1) is 10.0. The Bertz CT molecular complexity index is 839. The lowest BCUT2D eigenvalue weighted by Crippen LogP contribution is -1.97. The number of oxazole rings is 1. The second-order valence-electron chi connectivity index (χ2n) is 5.07. The van der Waals surface area contributed by atoms with Crippen LogP contribution in [0.25, 0.3) is 11.1 Å². The topological polar surface area (TPSA) is 69.1 Å². The Labute approximate surface area is 125 Å². The van der Waals surface area contributed by atoms with E-state index in [0.29, 0.717) is 17.2 Å². The maximum atomic E-state index is 12.4. The second kappa shape index (κ2) is 5.33. The SMILES string of the molecule is Cc1ccc(S(=O)Cc2nc3ccc(N)cc3o2)cc1C. The summed E-state index contributed by atoms with van der Waals surface area (Å²) in [5.41, 5.74) is 10.0. The molecule has 1 aromatic heterocycles. The predicted molar refractivity (Wildman–Crippen MR) is 84.4 cm³/mol. The minimum atomic E-state index is -1.17. The molecule has 2 N–H and O–H groups in total. The normalized spacial score (nSPS) is 12.7. The Hall–Kier alpha value is -2.14. The van der Waals surface area contributed by atoms with Gasteiger partial charge < -0.3 is 10.2 Å². The summed E-state index contributed by atoms with van der Waals surface area (Å²) in [6, 6.07) is 11.1. The Morgan fingerprint density at radius 3 is 2.71 bits per heavy atom. The third kappa shape index (κ3) is 2.83. The van der Waals surface area contributed by atoms with E-state index in [1.165, 1.54) is 5.56 Å². The van der Waals surface area contributed by atoms with E-state index in [-0.39, 0.29) is 5.75 Å². The second-order valence-corrected chi connectivity index (χ2v) is 6.52. The van der Waals surface area contributed by atoms with E-state index < -0.39 is 10.8 Å². The van der Waals surface area contributed by atoms with Crippen LogP contribution in [0.4, 0.5) is 5.69 Å². The van der Waals surface area contributed by atoms with Crippen LogP contribution in [0.1, 0.15) is 17.0 Å². The van der Waals surface area contributed by atoms with E-state index in [9.17, 15) is 4.21 Å². The smallest absolute Gasteiger partial charge is 0.208 e. The van der Waals surface area contributed by atoms with Crippen LogP contribution in [0.5, 0.6) is 0 Å². The fourth-order valence-corrected chi connectivity index (χ4v) is 3.14. The minimum absolute atomic E-state index is 0.261. The first kappa shape index (κ1) is 13.8. The van der Waals surface area contributed by atoms with Gasteiger partial charge in [0.15, 0.2) is 5.58 Å². The molecule has 5 heteroatoms. The van der Waals surface area contributed by atoms with Gasteiger partial charge in [0.2, 0.25) is 5.89 Å². The highest BCUT2D eigenvalue weighted by Gasteiger charge is 2.12. The van der Waals surface area contributed by atoms with Gasteiger partial charge in [-0.2, -0.15) is 0 Å². The zero-order valence-electron chi connectivity index (χ0n) is 11.9. The Kier molecular flexibility index (Phi) is 3.51. The molecule has 0 spiro atoms. The number of nitrogen functional groups attached to an aromatic ring is 1. The zero-order chi connectivity index (χ0) is 15.0. The van der Waals surface area contributed by atoms with E-state index in [0.717, 1.165) is 16.0 Å². The van der Waals surface area contributed by atoms with Gasteiger partial charge in [-0.3, -0.25) is 4.21 Å². The van der Waals surface area contributed by atoms with Crippen LogP contribution in [0.3, 0.4) is 0 Å². The number of fused-ring (bicyclic) bond motifs is 1. The van der Waals surface area contributed by atoms with Gasteiger partial charge >= 0.3 is 0 Å². The van der Waals surface area contributed by atoms with Crippen LogP contribution >= 0.6 is 0 Å². The van der Waals surface area contributed by atoms with Crippen molar-refractivity contribution < 1.29 is 8.63 Å². The van der Waals surface area contributed by atoms with E-state index in [2.05, 4.69) is 4.98 Å². The number of hydrogen-bond donors (Lipinski definition) is 1. The molecule has 0 aliphatic rings. The van der Waals surface area contributed by atoms with Crippen LogP contribution < -0.4 is 5.73 Å². The molecule has 0 saturated heterocycles. The predicted octanol–water partition coefficient (Wildman–Crippen LogP) is 3.33. The summed E-state index contributed by atoms with van der Waals surface area (Å²) < 4.78 is 18.0. The average molecular weight is 300 g/mol. The fraction of sp³-hybridized carbons (Fsp3) is 0.188. The lowest BCUT2D eigenvalue weighted by molar-refractivity contribution is 0.552. The molecule has 0 saturated carbocycles. The van der Waals surface area contributed by atoms with Crippen LogP contribution in [-0.4, -0.2) is 9.19 Å². The maximum Gasteiger partial charge on any atom is 0.208 e. The van der Waals surface area contributed by atoms with Gasteiger partial charge in [0.1, 0.15) is 11.3 Å². The summed E-state index contributed by atoms with van der Waals surface area (Å²) in [6.45, 7) is 4.05. The third-order valence-corrected chi connectivity index (χ3v) is 4.74. The van der Waals surface area contributed by atoms with Crippen LogP contribution in [0.15, 0.2) is 45.7 Å². The number of aromatic nitrogens is 1. The summed E-state index contributed by atoms with van der Waals surface area (Å²) in [5.74, 6) is 0.726. The fourth-order valence-electron chi connectivity index (χ4n) is 2.10. The third-order valence-electron chi connectivity index (χ3n) is 3.45. The monoisotopic (exact) mass is 300 g/mol. The Morgan fingerprint density at radius 1 is 1.14 bits per heavy atom. The first-order valence-electron chi connectivity index (χ1n) is 6.63. The molecule has 21 heavy (non-hydrogen) atoms. The van der Waals surface area contributed by atoms with Gasteiger partial charge in [-0.05, 0) is 49.2 Å². The highest BCUT2D eigenvalue weighted by molar-refractivity contribution is 7.84. The van der Waals surface area contributed by atoms with E-state index in [1.807, 2.05) is 32.0 Å². The number of nitrogens with two attached hydrogens (primary N) is 1. The van der Waals surface area contributed by atoms with E-state index in [4.69, 9.17) is 10.2 Å². The van der Waals surface area contributed by atoms with E-state index >= 15 is 0 Å². The molecule has 0 bridgehead atoms. The number of nitrogens with zero attached hydrogens (tertiary/aromatic N) is 1. The summed E-state index contributed by atoms with van der Waals surface area (Å²) in [6.07, 6.45) is 0. The number of anilines is 1. The molecule has 1 heterocycles. The molecule has 0 fully saturated rings. The molecule has 2 aromatic carbocycles. The lowest BCUT2D eigenvalue weighted by Gasteiger charge is -2.03. The Morgan fingerprint density at radius 2 is 1.95 bits per heavy atom. The zero-order valence-corrected chi connectivity index (χ0v) is 12.7. The van der Waals surface area contributed by atoms with Gasteiger partial charge in [-0.15, -0.1) is 0 Å². The summed E-state index contributed by atoms with van der Waals surface area (Å²) in [4.78, 5) is 5.14. The molecule has 0 radical (unpaired) electrons. The molecule has 108 valence electrons. The number of benzene rings is 2. The van der Waals surface area contributed by atoms with Gasteiger partial charge in [0.05, 0.1) is 10.8 Å². The van der Waals surface area contributed by atoms with Crippen LogP contribution in [0, 0.1) is 13.8 Å². The molecular weight excluding hydrogens is 284 g/mol. The van der Waals surface area contributed by atoms with Crippen LogP contribution in [0.2, 0.25) is 0 Å². The molecule has 0 aliphatic carbocycles. The standard InChI is InChI=1S/C16H16N2O2S/c1-10-3-5-13(7-11(10)2)21(19)9-16-18-14-6-4-12(17)8-15(14)20-16/h3-8H,9,17H2,1-2H3. The molecule has 1 atom stereocenters. The van der Waals surface area contributed by atoms with E-state index in [1.54, 1.807) is 18.2 Å². The van der Waals surface area contributed by atoms with Crippen molar-refractivity contribution in [2.24, 2.45) is 0 Å². The number of hydrogen-bond acceptors (Lipinski definition) is 4. The molecule has 3 aromatic rings. The molecule has 0 amide bonds. The van der Waals surface area contributed by atoms with Crippen molar-refractivity contribution in [2.45, 2.75) is 24.5 Å². The average Bonchev–Trinajstić information content (AvgIpc) is 2.83. The Balaban J connectivity index is 1.87. The van der Waals surface area contributed by atoms with Crippen molar-refractivity contribution in [1.29, 1.82) is 0 Å². The van der Waals surface area contributed by atoms with Gasteiger partial charge in [0.25, 0.3) is 0 Å². The maximum absolute atomic E-state index is 12.4. The first-order valence-corrected chi connectivity index (χ1v) is 7.95. The molecule has 1 unspecified atom stereocenters. The van der Waals surface area contributed by atoms with Gasteiger partial charge in [-0.25, -0.2) is 4.98 Å². The van der Waals surface area contributed by atoms with Gasteiger partial charge in [-0.1, -0.05) is 6.07 Å². The van der Waals surface area contributed by atoms with Crippen molar-refractivity contribution in [2.75, 3.05) is 5.73 Å². The van der Waals surface area contributed by atoms with Crippen molar-refractivity contribution >= 4 is 27.6 Å². The highest BCUT2D eigenvalue weighted by atomic mass is 32.2. The highest BCUT2D eigenvalue weighted by Crippen LogP contribution is 2.21. The molecule has 3 rings (SSSR count). The molecule has 0 aliphatic heterocycles. The van der Waals surface area contributed by atoms with Crippen molar-refractivity contribution in [3.05, 3.63) is 53.4 Å². The number of rotatable bonds is 3. The summed E-state index contributed by atoms with van der Waals surface area (Å²) in [5, 5.41) is 0. The quantitative estimate of drug-likeness (QED) is 0.753. The lowest BCUT2D eigenvalue weighted by atomic mass is 10.1. The molecule has 4 nitrogen and oxygen atoms in total. The minimum Gasteiger partial charge on any atom is -0.440 e. The summed E-state index contributed by atoms with van der Waals surface area (Å²) >= 11 is 0. The van der Waals surface area contributed by atoms with Crippen molar-refractivity contribution in [3.63, 3.8) is 0 Å². The number of aryl methyl sites for hydroxylation is 2. The van der Waals surface area contributed by atoms with Crippen molar-refractivity contribution in [3.8, 4) is 0 Å². The summed E-state index contributed by atoms with van der Waals surface area (Å²) in [7, 11) is -1.17. The van der Waals surface area contributed by atoms with Crippen LogP contribution in [-0.2, 0) is 16.6 Å². The largest absolute Gasteiger partial charge is 0.440 e. The molecular formula is C16H16N2O2S.